The first-order chi connectivity index (χ1) is 9.45. The Morgan fingerprint density at radius 2 is 2.25 bits per heavy atom. The SMILES string of the molecule is CNC(=O)C(C)(C)CNC1CCSc2c(F)cccc21. The van der Waals surface area contributed by atoms with Gasteiger partial charge in [0.05, 0.1) is 5.41 Å². The van der Waals surface area contributed by atoms with Gasteiger partial charge in [0.15, 0.2) is 0 Å². The lowest BCUT2D eigenvalue weighted by molar-refractivity contribution is -0.128. The van der Waals surface area contributed by atoms with E-state index in [9.17, 15) is 9.18 Å². The highest BCUT2D eigenvalue weighted by Gasteiger charge is 2.29. The molecule has 1 aromatic rings. The van der Waals surface area contributed by atoms with E-state index in [1.807, 2.05) is 19.9 Å². The predicted octanol–water partition coefficient (Wildman–Crippen LogP) is 2.72. The Bertz CT molecular complexity index is 505. The molecule has 110 valence electrons. The first kappa shape index (κ1) is 15.3. The number of carbonyl (C=O) groups is 1. The van der Waals surface area contributed by atoms with Crippen LogP contribution in [-0.4, -0.2) is 25.3 Å². The molecule has 0 saturated carbocycles. The second kappa shape index (κ2) is 6.14. The van der Waals surface area contributed by atoms with Gasteiger partial charge in [-0.15, -0.1) is 11.8 Å². The smallest absolute Gasteiger partial charge is 0.226 e. The molecule has 0 radical (unpaired) electrons. The van der Waals surface area contributed by atoms with E-state index in [1.165, 1.54) is 6.07 Å². The minimum atomic E-state index is -0.479. The van der Waals surface area contributed by atoms with E-state index in [0.717, 1.165) is 22.6 Å². The summed E-state index contributed by atoms with van der Waals surface area (Å²) in [5, 5.41) is 6.10. The Labute approximate surface area is 123 Å². The third-order valence-corrected chi connectivity index (χ3v) is 4.82. The number of thioether (sulfide) groups is 1. The topological polar surface area (TPSA) is 41.1 Å². The van der Waals surface area contributed by atoms with Crippen molar-refractivity contribution in [3.05, 3.63) is 29.6 Å². The number of amides is 1. The van der Waals surface area contributed by atoms with Gasteiger partial charge in [0, 0.05) is 24.5 Å². The number of fused-ring (bicyclic) bond motifs is 1. The maximum atomic E-state index is 13.8. The van der Waals surface area contributed by atoms with Crippen molar-refractivity contribution in [3.8, 4) is 0 Å². The number of halogens is 1. The number of hydrogen-bond acceptors (Lipinski definition) is 3. The zero-order valence-electron chi connectivity index (χ0n) is 12.1. The highest BCUT2D eigenvalue weighted by atomic mass is 32.2. The predicted molar refractivity (Wildman–Crippen MR) is 80.3 cm³/mol. The Balaban J connectivity index is 2.10. The molecule has 1 aromatic carbocycles. The van der Waals surface area contributed by atoms with Crippen LogP contribution < -0.4 is 10.6 Å². The van der Waals surface area contributed by atoms with E-state index in [0.29, 0.717) is 6.54 Å². The average molecular weight is 296 g/mol. The van der Waals surface area contributed by atoms with E-state index >= 15 is 0 Å². The molecule has 2 N–H and O–H groups in total. The molecule has 1 atom stereocenters. The van der Waals surface area contributed by atoms with Gasteiger partial charge in [-0.3, -0.25) is 4.79 Å². The van der Waals surface area contributed by atoms with Crippen molar-refractivity contribution in [2.75, 3.05) is 19.3 Å². The molecular weight excluding hydrogens is 275 g/mol. The van der Waals surface area contributed by atoms with Crippen LogP contribution in [0.15, 0.2) is 23.1 Å². The van der Waals surface area contributed by atoms with Gasteiger partial charge in [-0.2, -0.15) is 0 Å². The molecule has 20 heavy (non-hydrogen) atoms. The lowest BCUT2D eigenvalue weighted by Gasteiger charge is -2.30. The first-order valence-electron chi connectivity index (χ1n) is 6.82. The monoisotopic (exact) mass is 296 g/mol. The molecule has 1 aliphatic rings. The Morgan fingerprint density at radius 1 is 1.50 bits per heavy atom. The summed E-state index contributed by atoms with van der Waals surface area (Å²) in [6.07, 6.45) is 0.949. The minimum Gasteiger partial charge on any atom is -0.359 e. The standard InChI is InChI=1S/C15H21FN2OS/c1-15(2,14(19)17-3)9-18-12-7-8-20-13-10(12)5-4-6-11(13)16/h4-6,12,18H,7-9H2,1-3H3,(H,17,19). The summed E-state index contributed by atoms with van der Waals surface area (Å²) in [7, 11) is 1.64. The number of nitrogens with one attached hydrogen (secondary N) is 2. The van der Waals surface area contributed by atoms with Gasteiger partial charge in [0.25, 0.3) is 0 Å². The molecule has 0 spiro atoms. The molecule has 0 aromatic heterocycles. The molecule has 0 aliphatic carbocycles. The van der Waals surface area contributed by atoms with Gasteiger partial charge < -0.3 is 10.6 Å². The van der Waals surface area contributed by atoms with Gasteiger partial charge in [0.2, 0.25) is 5.91 Å². The molecule has 1 heterocycles. The van der Waals surface area contributed by atoms with Crippen molar-refractivity contribution in [2.24, 2.45) is 5.41 Å². The van der Waals surface area contributed by atoms with E-state index < -0.39 is 5.41 Å². The molecule has 0 saturated heterocycles. The van der Waals surface area contributed by atoms with Crippen LogP contribution in [0, 0.1) is 11.2 Å². The number of carbonyl (C=O) groups excluding carboxylic acids is 1. The number of hydrogen-bond donors (Lipinski definition) is 2. The average Bonchev–Trinajstić information content (AvgIpc) is 2.44. The van der Waals surface area contributed by atoms with Crippen molar-refractivity contribution in [2.45, 2.75) is 31.2 Å². The molecule has 3 nitrogen and oxygen atoms in total. The third-order valence-electron chi connectivity index (χ3n) is 3.66. The Hall–Kier alpha value is -1.07. The fraction of sp³-hybridized carbons (Fsp3) is 0.533. The molecule has 0 bridgehead atoms. The van der Waals surface area contributed by atoms with Gasteiger partial charge in [-0.1, -0.05) is 12.1 Å². The summed E-state index contributed by atoms with van der Waals surface area (Å²) in [6, 6.07) is 5.34. The summed E-state index contributed by atoms with van der Waals surface area (Å²) >= 11 is 1.57. The normalized spacial score (nSPS) is 18.5. The van der Waals surface area contributed by atoms with Crippen LogP contribution in [-0.2, 0) is 4.79 Å². The lowest BCUT2D eigenvalue weighted by Crippen LogP contribution is -2.43. The van der Waals surface area contributed by atoms with E-state index in [4.69, 9.17) is 0 Å². The van der Waals surface area contributed by atoms with Crippen LogP contribution >= 0.6 is 11.8 Å². The van der Waals surface area contributed by atoms with E-state index in [1.54, 1.807) is 24.9 Å². The fourth-order valence-electron chi connectivity index (χ4n) is 2.40. The van der Waals surface area contributed by atoms with Gasteiger partial charge in [0.1, 0.15) is 5.82 Å². The summed E-state index contributed by atoms with van der Waals surface area (Å²) in [4.78, 5) is 12.5. The van der Waals surface area contributed by atoms with E-state index in [2.05, 4.69) is 10.6 Å². The van der Waals surface area contributed by atoms with Gasteiger partial charge in [-0.05, 0) is 37.7 Å². The van der Waals surface area contributed by atoms with Crippen molar-refractivity contribution in [1.29, 1.82) is 0 Å². The van der Waals surface area contributed by atoms with Crippen molar-refractivity contribution >= 4 is 17.7 Å². The number of rotatable bonds is 4. The molecule has 0 fully saturated rings. The van der Waals surface area contributed by atoms with Crippen molar-refractivity contribution < 1.29 is 9.18 Å². The van der Waals surface area contributed by atoms with Crippen molar-refractivity contribution in [1.82, 2.24) is 10.6 Å². The van der Waals surface area contributed by atoms with Crippen LogP contribution in [0.4, 0.5) is 4.39 Å². The summed E-state index contributed by atoms with van der Waals surface area (Å²) in [5.41, 5.74) is 0.529. The zero-order valence-corrected chi connectivity index (χ0v) is 12.9. The molecular formula is C15H21FN2OS. The highest BCUT2D eigenvalue weighted by Crippen LogP contribution is 2.37. The maximum Gasteiger partial charge on any atom is 0.226 e. The Kier molecular flexibility index (Phi) is 4.70. The van der Waals surface area contributed by atoms with Gasteiger partial charge in [-0.25, -0.2) is 4.39 Å². The summed E-state index contributed by atoms with van der Waals surface area (Å²) in [5.74, 6) is 0.755. The summed E-state index contributed by atoms with van der Waals surface area (Å²) in [6.45, 7) is 4.38. The summed E-state index contributed by atoms with van der Waals surface area (Å²) < 4.78 is 13.8. The first-order valence-corrected chi connectivity index (χ1v) is 7.81. The quantitative estimate of drug-likeness (QED) is 0.897. The maximum absolute atomic E-state index is 13.8. The van der Waals surface area contributed by atoms with Gasteiger partial charge >= 0.3 is 0 Å². The van der Waals surface area contributed by atoms with E-state index in [-0.39, 0.29) is 17.8 Å². The molecule has 1 unspecified atom stereocenters. The van der Waals surface area contributed by atoms with Crippen molar-refractivity contribution in [3.63, 3.8) is 0 Å². The zero-order chi connectivity index (χ0) is 14.8. The molecule has 1 aliphatic heterocycles. The van der Waals surface area contributed by atoms with Crippen LogP contribution in [0.5, 0.6) is 0 Å². The molecule has 1 amide bonds. The fourth-order valence-corrected chi connectivity index (χ4v) is 3.54. The number of benzene rings is 1. The largest absolute Gasteiger partial charge is 0.359 e. The third kappa shape index (κ3) is 3.15. The highest BCUT2D eigenvalue weighted by molar-refractivity contribution is 7.99. The van der Waals surface area contributed by atoms with Crippen LogP contribution in [0.25, 0.3) is 0 Å². The molecule has 2 rings (SSSR count). The lowest BCUT2D eigenvalue weighted by atomic mass is 9.91. The van der Waals surface area contributed by atoms with Crippen LogP contribution in [0.1, 0.15) is 31.9 Å². The van der Waals surface area contributed by atoms with Crippen LogP contribution in [0.3, 0.4) is 0 Å². The molecule has 5 heteroatoms. The second-order valence-corrected chi connectivity index (χ2v) is 6.80. The minimum absolute atomic E-state index is 0.00894. The van der Waals surface area contributed by atoms with Crippen LogP contribution in [0.2, 0.25) is 0 Å². The second-order valence-electron chi connectivity index (χ2n) is 5.69. The Morgan fingerprint density at radius 3 is 2.95 bits per heavy atom.